The van der Waals surface area contributed by atoms with E-state index in [1.165, 1.54) is 0 Å². The number of aryl methyl sites for hydroxylation is 1. The highest BCUT2D eigenvalue weighted by Gasteiger charge is 2.06. The Morgan fingerprint density at radius 1 is 1.11 bits per heavy atom. The van der Waals surface area contributed by atoms with Gasteiger partial charge in [0.1, 0.15) is 5.82 Å². The number of nitrogens with zero attached hydrogens (tertiary/aromatic N) is 3. The van der Waals surface area contributed by atoms with Crippen molar-refractivity contribution in [3.05, 3.63) is 29.8 Å². The number of H-pyrrole nitrogens is 1. The first-order chi connectivity index (χ1) is 8.68. The van der Waals surface area contributed by atoms with Gasteiger partial charge in [-0.3, -0.25) is 5.10 Å². The third-order valence-corrected chi connectivity index (χ3v) is 2.17. The van der Waals surface area contributed by atoms with Gasteiger partial charge in [0.25, 0.3) is 0 Å². The van der Waals surface area contributed by atoms with E-state index in [2.05, 4.69) is 20.4 Å². The molecule has 0 aliphatic rings. The van der Waals surface area contributed by atoms with Crippen LogP contribution >= 0.6 is 0 Å². The fraction of sp³-hybridized carbons (Fsp3) is 0.250. The third-order valence-electron chi connectivity index (χ3n) is 2.17. The van der Waals surface area contributed by atoms with Crippen LogP contribution in [0.5, 0.6) is 0 Å². The number of aromatic nitrogens is 2. The maximum absolute atomic E-state index is 5.59. The highest BCUT2D eigenvalue weighted by Crippen LogP contribution is 2.28. The molecular formula is C12H18N6. The lowest BCUT2D eigenvalue weighted by atomic mass is 10.2. The second kappa shape index (κ2) is 6.39. The lowest BCUT2D eigenvalue weighted by Gasteiger charge is -1.96. The van der Waals surface area contributed by atoms with Crippen LogP contribution in [0.1, 0.15) is 19.4 Å². The number of rotatable bonds is 2. The topological polar surface area (TPSA) is 105 Å². The standard InChI is InChI=1S/C10H12N6.C2H6/c1-6-4-2-3-5-7(6)13-14-8-9(11)15-16-10(8)12;1-2/h2-5H,1H3,(H5,11,12,15,16);1-2H3. The summed E-state index contributed by atoms with van der Waals surface area (Å²) in [6, 6.07) is 7.65. The van der Waals surface area contributed by atoms with E-state index in [0.717, 1.165) is 11.3 Å². The average molecular weight is 246 g/mol. The fourth-order valence-electron chi connectivity index (χ4n) is 1.25. The SMILES string of the molecule is CC.Cc1ccccc1N=Nc1c(N)n[nH]c1N. The van der Waals surface area contributed by atoms with E-state index in [-0.39, 0.29) is 5.82 Å². The van der Waals surface area contributed by atoms with Crippen molar-refractivity contribution in [2.24, 2.45) is 10.2 Å². The molecule has 2 aromatic rings. The van der Waals surface area contributed by atoms with Crippen molar-refractivity contribution in [3.8, 4) is 0 Å². The molecule has 0 saturated carbocycles. The summed E-state index contributed by atoms with van der Waals surface area (Å²) in [7, 11) is 0. The maximum atomic E-state index is 5.59. The third kappa shape index (κ3) is 3.07. The van der Waals surface area contributed by atoms with Gasteiger partial charge in [-0.15, -0.1) is 5.11 Å². The van der Waals surface area contributed by atoms with E-state index >= 15 is 0 Å². The molecule has 0 saturated heterocycles. The van der Waals surface area contributed by atoms with Crippen LogP contribution in [0.15, 0.2) is 34.5 Å². The van der Waals surface area contributed by atoms with E-state index < -0.39 is 0 Å². The zero-order chi connectivity index (χ0) is 13.5. The van der Waals surface area contributed by atoms with Gasteiger partial charge < -0.3 is 11.5 Å². The van der Waals surface area contributed by atoms with Crippen LogP contribution in [0.4, 0.5) is 23.0 Å². The minimum atomic E-state index is 0.245. The van der Waals surface area contributed by atoms with Crippen LogP contribution in [0, 0.1) is 6.92 Å². The number of anilines is 2. The van der Waals surface area contributed by atoms with E-state index in [1.54, 1.807) is 0 Å². The van der Waals surface area contributed by atoms with Crippen LogP contribution in [0.25, 0.3) is 0 Å². The van der Waals surface area contributed by atoms with Gasteiger partial charge in [-0.05, 0) is 18.6 Å². The summed E-state index contributed by atoms with van der Waals surface area (Å²) in [4.78, 5) is 0. The van der Waals surface area contributed by atoms with Crippen molar-refractivity contribution < 1.29 is 0 Å². The molecule has 0 amide bonds. The first-order valence-corrected chi connectivity index (χ1v) is 5.75. The van der Waals surface area contributed by atoms with Crippen LogP contribution in [0.3, 0.4) is 0 Å². The summed E-state index contributed by atoms with van der Waals surface area (Å²) in [6.45, 7) is 5.95. The Morgan fingerprint density at radius 2 is 1.78 bits per heavy atom. The number of nitrogen functional groups attached to an aromatic ring is 2. The molecule has 0 bridgehead atoms. The number of benzene rings is 1. The molecule has 1 aromatic heterocycles. The van der Waals surface area contributed by atoms with Crippen molar-refractivity contribution in [2.45, 2.75) is 20.8 Å². The van der Waals surface area contributed by atoms with E-state index in [9.17, 15) is 0 Å². The van der Waals surface area contributed by atoms with Gasteiger partial charge in [-0.25, -0.2) is 0 Å². The van der Waals surface area contributed by atoms with Gasteiger partial charge in [0.15, 0.2) is 11.5 Å². The predicted octanol–water partition coefficient (Wildman–Crippen LogP) is 3.32. The highest BCUT2D eigenvalue weighted by molar-refractivity contribution is 5.70. The van der Waals surface area contributed by atoms with Crippen molar-refractivity contribution in [1.82, 2.24) is 10.2 Å². The zero-order valence-corrected chi connectivity index (χ0v) is 10.8. The molecule has 0 radical (unpaired) electrons. The molecule has 0 unspecified atom stereocenters. The molecule has 0 aliphatic heterocycles. The van der Waals surface area contributed by atoms with Gasteiger partial charge in [-0.1, -0.05) is 32.0 Å². The molecular weight excluding hydrogens is 228 g/mol. The summed E-state index contributed by atoms with van der Waals surface area (Å²) in [5.41, 5.74) is 13.4. The lowest BCUT2D eigenvalue weighted by molar-refractivity contribution is 1.11. The number of nitrogens with one attached hydrogen (secondary N) is 1. The lowest BCUT2D eigenvalue weighted by Crippen LogP contribution is -1.84. The zero-order valence-electron chi connectivity index (χ0n) is 10.8. The molecule has 0 fully saturated rings. The molecule has 5 N–H and O–H groups in total. The van der Waals surface area contributed by atoms with Gasteiger partial charge in [0.05, 0.1) is 5.69 Å². The van der Waals surface area contributed by atoms with Crippen LogP contribution in [-0.4, -0.2) is 10.2 Å². The molecule has 96 valence electrons. The molecule has 0 aliphatic carbocycles. The van der Waals surface area contributed by atoms with Crippen molar-refractivity contribution in [1.29, 1.82) is 0 Å². The predicted molar refractivity (Wildman–Crippen MR) is 74.1 cm³/mol. The Morgan fingerprint density at radius 3 is 2.33 bits per heavy atom. The van der Waals surface area contributed by atoms with Gasteiger partial charge in [0, 0.05) is 0 Å². The second-order valence-electron chi connectivity index (χ2n) is 3.36. The van der Waals surface area contributed by atoms with Crippen molar-refractivity contribution in [2.75, 3.05) is 11.5 Å². The van der Waals surface area contributed by atoms with E-state index in [0.29, 0.717) is 11.5 Å². The first kappa shape index (κ1) is 13.7. The maximum Gasteiger partial charge on any atom is 0.175 e. The molecule has 1 heterocycles. The second-order valence-corrected chi connectivity index (χ2v) is 3.36. The number of nitrogens with two attached hydrogens (primary N) is 2. The summed E-state index contributed by atoms with van der Waals surface area (Å²) >= 11 is 0. The monoisotopic (exact) mass is 246 g/mol. The normalized spacial score (nSPS) is 10.2. The molecule has 18 heavy (non-hydrogen) atoms. The minimum Gasteiger partial charge on any atom is -0.382 e. The average Bonchev–Trinajstić information content (AvgIpc) is 2.71. The quantitative estimate of drug-likeness (QED) is 0.707. The molecule has 2 rings (SSSR count). The van der Waals surface area contributed by atoms with Gasteiger partial charge in [-0.2, -0.15) is 10.2 Å². The first-order valence-electron chi connectivity index (χ1n) is 5.75. The van der Waals surface area contributed by atoms with E-state index in [4.69, 9.17) is 11.5 Å². The fourth-order valence-corrected chi connectivity index (χ4v) is 1.25. The number of hydrogen-bond acceptors (Lipinski definition) is 5. The largest absolute Gasteiger partial charge is 0.382 e. The molecule has 0 atom stereocenters. The molecule has 1 aromatic carbocycles. The summed E-state index contributed by atoms with van der Waals surface area (Å²) in [6.07, 6.45) is 0. The Balaban J connectivity index is 0.000000771. The molecule has 6 nitrogen and oxygen atoms in total. The molecule has 0 spiro atoms. The Labute approximate surface area is 106 Å². The highest BCUT2D eigenvalue weighted by atomic mass is 15.2. The number of aromatic amines is 1. The summed E-state index contributed by atoms with van der Waals surface area (Å²) in [5, 5.41) is 14.3. The molecule has 6 heteroatoms. The van der Waals surface area contributed by atoms with Gasteiger partial charge >= 0.3 is 0 Å². The number of hydrogen-bond donors (Lipinski definition) is 3. The van der Waals surface area contributed by atoms with Crippen LogP contribution < -0.4 is 11.5 Å². The van der Waals surface area contributed by atoms with Crippen molar-refractivity contribution >= 4 is 23.0 Å². The summed E-state index contributed by atoms with van der Waals surface area (Å²) < 4.78 is 0. The van der Waals surface area contributed by atoms with Gasteiger partial charge in [0.2, 0.25) is 0 Å². The van der Waals surface area contributed by atoms with Crippen LogP contribution in [0.2, 0.25) is 0 Å². The van der Waals surface area contributed by atoms with Crippen molar-refractivity contribution in [3.63, 3.8) is 0 Å². The Kier molecular flexibility index (Phi) is 4.86. The smallest absolute Gasteiger partial charge is 0.175 e. The van der Waals surface area contributed by atoms with Crippen LogP contribution in [-0.2, 0) is 0 Å². The Hall–Kier alpha value is -2.37. The summed E-state index contributed by atoms with van der Waals surface area (Å²) in [5.74, 6) is 0.560. The Bertz CT molecular complexity index is 510. The minimum absolute atomic E-state index is 0.245. The number of azo groups is 1. The van der Waals surface area contributed by atoms with E-state index in [1.807, 2.05) is 45.0 Å².